The van der Waals surface area contributed by atoms with E-state index in [-0.39, 0.29) is 11.8 Å². The van der Waals surface area contributed by atoms with Crippen molar-refractivity contribution in [3.63, 3.8) is 0 Å². The summed E-state index contributed by atoms with van der Waals surface area (Å²) in [6.07, 6.45) is 10.4. The van der Waals surface area contributed by atoms with Crippen LogP contribution in [0.5, 0.6) is 0 Å². The summed E-state index contributed by atoms with van der Waals surface area (Å²) < 4.78 is 0. The molecule has 0 spiro atoms. The number of nitrogens with one attached hydrogen (secondary N) is 2. The molecular weight excluding hydrogens is 414 g/mol. The Balaban J connectivity index is 1.40. The summed E-state index contributed by atoms with van der Waals surface area (Å²) in [5.74, 6) is -0.254. The van der Waals surface area contributed by atoms with Gasteiger partial charge in [0, 0.05) is 43.2 Å². The Kier molecular flexibility index (Phi) is 6.19. The number of fused-ring (bicyclic) bond motifs is 1. The molecule has 1 saturated heterocycles. The Hall–Kier alpha value is -3.48. The standard InChI is InChI=1S/C26H29N5O2/c32-25-23(16-18-7-5-8-19(15-18)20-9-6-12-27-17-20)31(14-13-28-25)26(33)24-21-10-3-1-2-4-11-22(21)29-30-24/h5-9,12,15,17,23H,1-4,10-11,13-14,16H2,(H,28,32)(H,29,30). The molecule has 7 heteroatoms. The fraction of sp³-hybridized carbons (Fsp3) is 0.385. The van der Waals surface area contributed by atoms with Gasteiger partial charge in [-0.25, -0.2) is 0 Å². The molecule has 33 heavy (non-hydrogen) atoms. The van der Waals surface area contributed by atoms with Crippen LogP contribution in [0.4, 0.5) is 0 Å². The number of aryl methyl sites for hydroxylation is 1. The molecule has 1 aliphatic carbocycles. The summed E-state index contributed by atoms with van der Waals surface area (Å²) in [4.78, 5) is 32.4. The maximum Gasteiger partial charge on any atom is 0.275 e. The van der Waals surface area contributed by atoms with Gasteiger partial charge in [-0.15, -0.1) is 0 Å². The third-order valence-electron chi connectivity index (χ3n) is 6.70. The van der Waals surface area contributed by atoms with Crippen LogP contribution in [0, 0.1) is 0 Å². The molecule has 3 heterocycles. The second-order valence-electron chi connectivity index (χ2n) is 8.90. The van der Waals surface area contributed by atoms with Crippen LogP contribution in [-0.4, -0.2) is 51.0 Å². The highest BCUT2D eigenvalue weighted by molar-refractivity contribution is 5.98. The summed E-state index contributed by atoms with van der Waals surface area (Å²) in [7, 11) is 0. The van der Waals surface area contributed by atoms with Crippen molar-refractivity contribution < 1.29 is 9.59 Å². The van der Waals surface area contributed by atoms with Gasteiger partial charge in [0.15, 0.2) is 5.69 Å². The number of amides is 2. The molecule has 1 atom stereocenters. The molecule has 1 fully saturated rings. The Morgan fingerprint density at radius 1 is 1.06 bits per heavy atom. The molecule has 0 saturated carbocycles. The molecule has 0 radical (unpaired) electrons. The van der Waals surface area contributed by atoms with Crippen molar-refractivity contribution in [1.82, 2.24) is 25.4 Å². The van der Waals surface area contributed by atoms with Gasteiger partial charge in [0.25, 0.3) is 5.91 Å². The van der Waals surface area contributed by atoms with Gasteiger partial charge in [0.05, 0.1) is 0 Å². The number of rotatable bonds is 4. The normalized spacial score (nSPS) is 18.7. The van der Waals surface area contributed by atoms with Gasteiger partial charge in [0.1, 0.15) is 6.04 Å². The van der Waals surface area contributed by atoms with Crippen molar-refractivity contribution in [3.8, 4) is 11.1 Å². The lowest BCUT2D eigenvalue weighted by Gasteiger charge is -2.35. The average Bonchev–Trinajstić information content (AvgIpc) is 3.22. The van der Waals surface area contributed by atoms with E-state index in [4.69, 9.17) is 0 Å². The zero-order valence-electron chi connectivity index (χ0n) is 18.7. The number of H-pyrrole nitrogens is 1. The van der Waals surface area contributed by atoms with Gasteiger partial charge < -0.3 is 10.2 Å². The van der Waals surface area contributed by atoms with Crippen LogP contribution in [0.15, 0.2) is 48.8 Å². The Morgan fingerprint density at radius 3 is 2.76 bits per heavy atom. The minimum Gasteiger partial charge on any atom is -0.353 e. The van der Waals surface area contributed by atoms with Crippen LogP contribution < -0.4 is 5.32 Å². The van der Waals surface area contributed by atoms with Crippen molar-refractivity contribution in [2.45, 2.75) is 51.0 Å². The molecule has 1 aliphatic heterocycles. The minimum atomic E-state index is -0.559. The molecular formula is C26H29N5O2. The van der Waals surface area contributed by atoms with E-state index in [2.05, 4.69) is 26.6 Å². The molecule has 5 rings (SSSR count). The summed E-state index contributed by atoms with van der Waals surface area (Å²) in [5, 5.41) is 10.5. The van der Waals surface area contributed by atoms with Gasteiger partial charge in [-0.3, -0.25) is 19.7 Å². The fourth-order valence-corrected chi connectivity index (χ4v) is 4.94. The number of carbonyl (C=O) groups is 2. The Labute approximate surface area is 193 Å². The number of carbonyl (C=O) groups excluding carboxylic acids is 2. The zero-order valence-corrected chi connectivity index (χ0v) is 18.7. The number of aromatic amines is 1. The summed E-state index contributed by atoms with van der Waals surface area (Å²) in [5.41, 5.74) is 5.70. The maximum atomic E-state index is 13.6. The summed E-state index contributed by atoms with van der Waals surface area (Å²) in [6.45, 7) is 0.947. The van der Waals surface area contributed by atoms with E-state index < -0.39 is 6.04 Å². The predicted molar refractivity (Wildman–Crippen MR) is 126 cm³/mol. The number of hydrogen-bond donors (Lipinski definition) is 2. The molecule has 7 nitrogen and oxygen atoms in total. The average molecular weight is 444 g/mol. The van der Waals surface area contributed by atoms with Crippen LogP contribution in [-0.2, 0) is 24.1 Å². The van der Waals surface area contributed by atoms with Crippen molar-refractivity contribution in [2.24, 2.45) is 0 Å². The number of nitrogens with zero attached hydrogens (tertiary/aromatic N) is 3. The highest BCUT2D eigenvalue weighted by Crippen LogP contribution is 2.25. The second-order valence-corrected chi connectivity index (χ2v) is 8.90. The first-order valence-corrected chi connectivity index (χ1v) is 11.8. The lowest BCUT2D eigenvalue weighted by molar-refractivity contribution is -0.127. The molecule has 1 unspecified atom stereocenters. The summed E-state index contributed by atoms with van der Waals surface area (Å²) >= 11 is 0. The molecule has 170 valence electrons. The number of hydrogen-bond acceptors (Lipinski definition) is 4. The van der Waals surface area contributed by atoms with E-state index >= 15 is 0 Å². The molecule has 2 aromatic heterocycles. The Bertz CT molecular complexity index is 1140. The molecule has 2 amide bonds. The van der Waals surface area contributed by atoms with Crippen LogP contribution >= 0.6 is 0 Å². The van der Waals surface area contributed by atoms with Crippen LogP contribution in [0.1, 0.15) is 53.0 Å². The minimum absolute atomic E-state index is 0.111. The highest BCUT2D eigenvalue weighted by atomic mass is 16.2. The third-order valence-corrected chi connectivity index (χ3v) is 6.70. The highest BCUT2D eigenvalue weighted by Gasteiger charge is 2.36. The van der Waals surface area contributed by atoms with E-state index in [1.807, 2.05) is 36.5 Å². The van der Waals surface area contributed by atoms with E-state index in [0.717, 1.165) is 53.6 Å². The first-order chi connectivity index (χ1) is 16.2. The number of benzene rings is 1. The molecule has 0 bridgehead atoms. The van der Waals surface area contributed by atoms with Crippen molar-refractivity contribution in [2.75, 3.05) is 13.1 Å². The smallest absolute Gasteiger partial charge is 0.275 e. The maximum absolute atomic E-state index is 13.6. The van der Waals surface area contributed by atoms with Crippen LogP contribution in [0.25, 0.3) is 11.1 Å². The van der Waals surface area contributed by atoms with Crippen molar-refractivity contribution >= 4 is 11.8 Å². The van der Waals surface area contributed by atoms with E-state index in [1.165, 1.54) is 12.8 Å². The predicted octanol–water partition coefficient (Wildman–Crippen LogP) is 3.31. The number of piperazine rings is 1. The van der Waals surface area contributed by atoms with Gasteiger partial charge in [-0.2, -0.15) is 5.10 Å². The molecule has 2 N–H and O–H groups in total. The quantitative estimate of drug-likeness (QED) is 0.647. The van der Waals surface area contributed by atoms with E-state index in [1.54, 1.807) is 11.1 Å². The lowest BCUT2D eigenvalue weighted by atomic mass is 9.95. The molecule has 1 aromatic carbocycles. The van der Waals surface area contributed by atoms with E-state index in [9.17, 15) is 9.59 Å². The first kappa shape index (κ1) is 21.4. The first-order valence-electron chi connectivity index (χ1n) is 11.8. The van der Waals surface area contributed by atoms with Gasteiger partial charge >= 0.3 is 0 Å². The van der Waals surface area contributed by atoms with Gasteiger partial charge in [0.2, 0.25) is 5.91 Å². The number of aromatic nitrogens is 3. The van der Waals surface area contributed by atoms with Gasteiger partial charge in [-0.1, -0.05) is 43.2 Å². The molecule has 2 aliphatic rings. The SMILES string of the molecule is O=C1NCCN(C(=O)c2n[nH]c3c2CCCCCC3)C1Cc1cccc(-c2cccnc2)c1. The van der Waals surface area contributed by atoms with Gasteiger partial charge in [-0.05, 0) is 48.4 Å². The monoisotopic (exact) mass is 443 g/mol. The number of pyridine rings is 1. The topological polar surface area (TPSA) is 91.0 Å². The lowest BCUT2D eigenvalue weighted by Crippen LogP contribution is -2.58. The van der Waals surface area contributed by atoms with Crippen molar-refractivity contribution in [3.05, 3.63) is 71.3 Å². The third kappa shape index (κ3) is 4.53. The zero-order chi connectivity index (χ0) is 22.6. The van der Waals surface area contributed by atoms with Crippen LogP contribution in [0.3, 0.4) is 0 Å². The fourth-order valence-electron chi connectivity index (χ4n) is 4.94. The van der Waals surface area contributed by atoms with Crippen LogP contribution in [0.2, 0.25) is 0 Å². The largest absolute Gasteiger partial charge is 0.353 e. The van der Waals surface area contributed by atoms with Crippen molar-refractivity contribution in [1.29, 1.82) is 0 Å². The summed E-state index contributed by atoms with van der Waals surface area (Å²) in [6, 6.07) is 11.5. The second kappa shape index (κ2) is 9.57. The Morgan fingerprint density at radius 2 is 1.91 bits per heavy atom. The van der Waals surface area contributed by atoms with E-state index in [0.29, 0.717) is 25.2 Å². The molecule has 3 aromatic rings.